The van der Waals surface area contributed by atoms with Crippen molar-refractivity contribution in [3.8, 4) is 5.82 Å². The van der Waals surface area contributed by atoms with Crippen molar-refractivity contribution in [2.24, 2.45) is 0 Å². The first-order chi connectivity index (χ1) is 12.7. The van der Waals surface area contributed by atoms with E-state index >= 15 is 0 Å². The smallest absolute Gasteiger partial charge is 0.241 e. The topological polar surface area (TPSA) is 63.1 Å². The molecule has 1 aliphatic rings. The molecule has 1 N–H and O–H groups in total. The Balaban J connectivity index is 1.40. The highest BCUT2D eigenvalue weighted by Gasteiger charge is 2.25. The predicted molar refractivity (Wildman–Crippen MR) is 100 cm³/mol. The highest BCUT2D eigenvalue weighted by atomic mass is 16.2. The number of amides is 1. The highest BCUT2D eigenvalue weighted by molar-refractivity contribution is 5.94. The summed E-state index contributed by atoms with van der Waals surface area (Å²) < 4.78 is 1.82. The molecule has 0 bridgehead atoms. The molecule has 132 valence electrons. The highest BCUT2D eigenvalue weighted by Crippen LogP contribution is 2.21. The molecule has 0 saturated carbocycles. The molecule has 1 aliphatic heterocycles. The third kappa shape index (κ3) is 3.36. The first kappa shape index (κ1) is 16.5. The fraction of sp³-hybridized carbons (Fsp3) is 0.250. The Morgan fingerprint density at radius 1 is 1.19 bits per heavy atom. The summed E-state index contributed by atoms with van der Waals surface area (Å²) in [6.07, 6.45) is 7.88. The molecule has 26 heavy (non-hydrogen) atoms. The van der Waals surface area contributed by atoms with Crippen molar-refractivity contribution in [2.45, 2.75) is 25.9 Å². The van der Waals surface area contributed by atoms with Crippen LogP contribution in [-0.4, -0.2) is 37.9 Å². The summed E-state index contributed by atoms with van der Waals surface area (Å²) in [5.41, 5.74) is 3.39. The van der Waals surface area contributed by atoms with Gasteiger partial charge in [-0.2, -0.15) is 0 Å². The number of carbonyl (C=O) groups is 1. The quantitative estimate of drug-likeness (QED) is 0.788. The number of carbonyl (C=O) groups excluding carboxylic acids is 1. The van der Waals surface area contributed by atoms with E-state index in [2.05, 4.69) is 44.5 Å². The van der Waals surface area contributed by atoms with Crippen molar-refractivity contribution in [3.63, 3.8) is 0 Å². The maximum absolute atomic E-state index is 12.6. The SMILES string of the molecule is C[C@H](C(=O)Nc1ccc(-n2ccnc2)nc1)N1CCc2ccccc2C1. The van der Waals surface area contributed by atoms with E-state index in [1.807, 2.05) is 29.8 Å². The zero-order valence-corrected chi connectivity index (χ0v) is 14.7. The van der Waals surface area contributed by atoms with Crippen LogP contribution in [-0.2, 0) is 17.8 Å². The van der Waals surface area contributed by atoms with E-state index in [0.717, 1.165) is 25.3 Å². The van der Waals surface area contributed by atoms with Gasteiger partial charge in [0.15, 0.2) is 0 Å². The maximum atomic E-state index is 12.6. The number of hydrogen-bond donors (Lipinski definition) is 1. The van der Waals surface area contributed by atoms with E-state index in [4.69, 9.17) is 0 Å². The second kappa shape index (κ2) is 7.09. The molecule has 0 fully saturated rings. The second-order valence-corrected chi connectivity index (χ2v) is 6.53. The van der Waals surface area contributed by atoms with Crippen LogP contribution in [0.25, 0.3) is 5.82 Å². The molecule has 0 saturated heterocycles. The van der Waals surface area contributed by atoms with Gasteiger partial charge < -0.3 is 5.32 Å². The molecular weight excluding hydrogens is 326 g/mol. The van der Waals surface area contributed by atoms with Gasteiger partial charge in [-0.3, -0.25) is 14.3 Å². The molecule has 1 aromatic carbocycles. The lowest BCUT2D eigenvalue weighted by atomic mass is 9.99. The normalized spacial score (nSPS) is 15.3. The Bertz CT molecular complexity index is 889. The van der Waals surface area contributed by atoms with Crippen LogP contribution < -0.4 is 5.32 Å². The summed E-state index contributed by atoms with van der Waals surface area (Å²) in [6, 6.07) is 12.0. The van der Waals surface area contributed by atoms with Crippen molar-refractivity contribution in [1.29, 1.82) is 0 Å². The van der Waals surface area contributed by atoms with Gasteiger partial charge >= 0.3 is 0 Å². The third-order valence-electron chi connectivity index (χ3n) is 4.87. The van der Waals surface area contributed by atoms with Crippen LogP contribution in [0.2, 0.25) is 0 Å². The number of pyridine rings is 1. The Morgan fingerprint density at radius 2 is 2.04 bits per heavy atom. The first-order valence-corrected chi connectivity index (χ1v) is 8.77. The van der Waals surface area contributed by atoms with Crippen LogP contribution in [0.15, 0.2) is 61.3 Å². The van der Waals surface area contributed by atoms with Gasteiger partial charge in [-0.15, -0.1) is 0 Å². The van der Waals surface area contributed by atoms with Crippen LogP contribution in [0.4, 0.5) is 5.69 Å². The number of imidazole rings is 1. The molecule has 2 aromatic heterocycles. The summed E-state index contributed by atoms with van der Waals surface area (Å²) >= 11 is 0. The molecule has 4 rings (SSSR count). The summed E-state index contributed by atoms with van der Waals surface area (Å²) in [6.45, 7) is 3.66. The zero-order valence-electron chi connectivity index (χ0n) is 14.7. The number of aromatic nitrogens is 3. The number of fused-ring (bicyclic) bond motifs is 1. The average Bonchev–Trinajstić information content (AvgIpc) is 3.22. The first-order valence-electron chi connectivity index (χ1n) is 8.77. The molecule has 6 heteroatoms. The van der Waals surface area contributed by atoms with Crippen LogP contribution in [0.1, 0.15) is 18.1 Å². The molecule has 3 heterocycles. The number of benzene rings is 1. The molecule has 0 radical (unpaired) electrons. The molecule has 1 amide bonds. The van der Waals surface area contributed by atoms with Crippen LogP contribution in [0.5, 0.6) is 0 Å². The van der Waals surface area contributed by atoms with Gasteiger partial charge in [0.1, 0.15) is 12.1 Å². The minimum atomic E-state index is -0.198. The number of rotatable bonds is 4. The summed E-state index contributed by atoms with van der Waals surface area (Å²) in [5.74, 6) is 0.753. The summed E-state index contributed by atoms with van der Waals surface area (Å²) in [4.78, 5) is 23.2. The Morgan fingerprint density at radius 3 is 2.77 bits per heavy atom. The van der Waals surface area contributed by atoms with Crippen molar-refractivity contribution in [2.75, 3.05) is 11.9 Å². The van der Waals surface area contributed by atoms with E-state index in [0.29, 0.717) is 5.69 Å². The van der Waals surface area contributed by atoms with Crippen LogP contribution >= 0.6 is 0 Å². The Labute approximate surface area is 152 Å². The molecule has 1 atom stereocenters. The number of anilines is 1. The lowest BCUT2D eigenvalue weighted by molar-refractivity contribution is -0.121. The van der Waals surface area contributed by atoms with E-state index in [9.17, 15) is 4.79 Å². The minimum Gasteiger partial charge on any atom is -0.323 e. The van der Waals surface area contributed by atoms with E-state index in [1.165, 1.54) is 11.1 Å². The predicted octanol–water partition coefficient (Wildman–Crippen LogP) is 2.65. The van der Waals surface area contributed by atoms with E-state index < -0.39 is 0 Å². The Kier molecular flexibility index (Phi) is 4.50. The maximum Gasteiger partial charge on any atom is 0.241 e. The van der Waals surface area contributed by atoms with Gasteiger partial charge in [0.05, 0.1) is 17.9 Å². The van der Waals surface area contributed by atoms with Crippen LogP contribution in [0, 0.1) is 0 Å². The second-order valence-electron chi connectivity index (χ2n) is 6.53. The van der Waals surface area contributed by atoms with Crippen molar-refractivity contribution in [1.82, 2.24) is 19.4 Å². The standard InChI is InChI=1S/C20H21N5O/c1-15(24-10-8-16-4-2-3-5-17(16)13-24)20(26)23-18-6-7-19(22-12-18)25-11-9-21-14-25/h2-7,9,11-12,14-15H,8,10,13H2,1H3,(H,23,26)/t15-/m1/s1. The number of hydrogen-bond acceptors (Lipinski definition) is 4. The molecule has 0 spiro atoms. The van der Waals surface area contributed by atoms with Gasteiger partial charge in [-0.25, -0.2) is 9.97 Å². The molecule has 6 nitrogen and oxygen atoms in total. The fourth-order valence-electron chi connectivity index (χ4n) is 3.27. The molecule has 0 aliphatic carbocycles. The monoisotopic (exact) mass is 347 g/mol. The van der Waals surface area contributed by atoms with Crippen molar-refractivity contribution < 1.29 is 4.79 Å². The van der Waals surface area contributed by atoms with E-state index in [-0.39, 0.29) is 11.9 Å². The van der Waals surface area contributed by atoms with Gasteiger partial charge in [-0.1, -0.05) is 24.3 Å². The average molecular weight is 347 g/mol. The Hall–Kier alpha value is -2.99. The number of nitrogens with one attached hydrogen (secondary N) is 1. The van der Waals surface area contributed by atoms with Crippen LogP contribution in [0.3, 0.4) is 0 Å². The lowest BCUT2D eigenvalue weighted by Gasteiger charge is -2.32. The third-order valence-corrected chi connectivity index (χ3v) is 4.87. The van der Waals surface area contributed by atoms with Gasteiger partial charge in [0.2, 0.25) is 5.91 Å². The van der Waals surface area contributed by atoms with Gasteiger partial charge in [-0.05, 0) is 36.6 Å². The van der Waals surface area contributed by atoms with Crippen molar-refractivity contribution in [3.05, 3.63) is 72.4 Å². The van der Waals surface area contributed by atoms with Gasteiger partial charge in [0, 0.05) is 25.5 Å². The number of nitrogens with zero attached hydrogens (tertiary/aromatic N) is 4. The van der Waals surface area contributed by atoms with Crippen molar-refractivity contribution >= 4 is 11.6 Å². The minimum absolute atomic E-state index is 0.0124. The lowest BCUT2D eigenvalue weighted by Crippen LogP contribution is -2.44. The summed E-state index contributed by atoms with van der Waals surface area (Å²) in [5, 5.41) is 2.97. The molecular formula is C20H21N5O. The molecule has 3 aromatic rings. The molecule has 0 unspecified atom stereocenters. The van der Waals surface area contributed by atoms with Gasteiger partial charge in [0.25, 0.3) is 0 Å². The van der Waals surface area contributed by atoms with E-state index in [1.54, 1.807) is 18.7 Å². The fourth-order valence-corrected chi connectivity index (χ4v) is 3.27. The zero-order chi connectivity index (χ0) is 17.9. The largest absolute Gasteiger partial charge is 0.323 e. The summed E-state index contributed by atoms with van der Waals surface area (Å²) in [7, 11) is 0.